The normalized spacial score (nSPS) is 32.4. The van der Waals surface area contributed by atoms with E-state index >= 15 is 0 Å². The van der Waals surface area contributed by atoms with Crippen LogP contribution in [0.1, 0.15) is 26.5 Å². The number of phosphoric acid groups is 1. The van der Waals surface area contributed by atoms with Crippen molar-refractivity contribution in [2.45, 2.75) is 81.1 Å². The van der Waals surface area contributed by atoms with E-state index in [4.69, 9.17) is 15.2 Å². The van der Waals surface area contributed by atoms with Crippen molar-refractivity contribution in [3.05, 3.63) is 22.7 Å². The monoisotopic (exact) mass is 671 g/mol. The van der Waals surface area contributed by atoms with E-state index in [0.29, 0.717) is 0 Å². The number of nitrogens with one attached hydrogen (secondary N) is 2. The number of likely N-dealkylation sites (N-methyl/N-ethyl adjacent to an activating group) is 1. The molecule has 2 aliphatic heterocycles. The van der Waals surface area contributed by atoms with Crippen molar-refractivity contribution < 1.29 is 73.3 Å². The van der Waals surface area contributed by atoms with Crippen LogP contribution >= 0.6 is 7.82 Å². The third-order valence-electron chi connectivity index (χ3n) is 6.59. The van der Waals surface area contributed by atoms with Gasteiger partial charge in [-0.2, -0.15) is 4.98 Å². The first-order valence-corrected chi connectivity index (χ1v) is 15.0. The number of ether oxygens (including phenoxy) is 2. The summed E-state index contributed by atoms with van der Waals surface area (Å²) in [5.41, 5.74) is 4.44. The van der Waals surface area contributed by atoms with Gasteiger partial charge in [0, 0.05) is 12.6 Å². The highest BCUT2D eigenvalue weighted by atomic mass is 31.2. The fraction of sp³-hybridized carbons (Fsp3) is 0.739. The number of hydrogen-bond acceptors (Lipinski definition) is 19. The Hall–Kier alpha value is -2.63. The van der Waals surface area contributed by atoms with Gasteiger partial charge in [-0.15, -0.1) is 0 Å². The number of nitrogen functional groups attached to an aromatic ring is 1. The number of carbonyl (C=O) groups is 2. The van der Waals surface area contributed by atoms with Crippen LogP contribution in [-0.4, -0.2) is 133 Å². The maximum absolute atomic E-state index is 12.7. The van der Waals surface area contributed by atoms with Crippen LogP contribution in [0.5, 0.6) is 0 Å². The molecule has 0 aromatic carbocycles. The Bertz CT molecular complexity index is 1260. The minimum atomic E-state index is -5.83. The highest BCUT2D eigenvalue weighted by molar-refractivity contribution is 7.45. The summed E-state index contributed by atoms with van der Waals surface area (Å²) in [7, 11) is -4.42. The van der Waals surface area contributed by atoms with Crippen molar-refractivity contribution in [1.29, 1.82) is 0 Å². The molecule has 258 valence electrons. The second-order valence-electron chi connectivity index (χ2n) is 9.68. The predicted molar refractivity (Wildman–Crippen MR) is 143 cm³/mol. The molecule has 2 fully saturated rings. The van der Waals surface area contributed by atoms with Gasteiger partial charge in [0.2, 0.25) is 11.7 Å². The lowest BCUT2D eigenvalue weighted by atomic mass is 9.88. The zero-order valence-corrected chi connectivity index (χ0v) is 25.3. The van der Waals surface area contributed by atoms with Crippen molar-refractivity contribution in [1.82, 2.24) is 20.2 Å². The predicted octanol–water partition coefficient (Wildman–Crippen LogP) is -7.01. The van der Waals surface area contributed by atoms with Crippen molar-refractivity contribution >= 4 is 25.5 Å². The van der Waals surface area contributed by atoms with Gasteiger partial charge < -0.3 is 75.8 Å². The summed E-state index contributed by atoms with van der Waals surface area (Å²) in [5.74, 6) is -6.72. The third-order valence-corrected chi connectivity index (χ3v) is 7.57. The number of aliphatic carboxylic acids is 1. The molecule has 1 aromatic heterocycles. The molecular formula is C23H38N5O16P-2. The van der Waals surface area contributed by atoms with Crippen LogP contribution in [0.25, 0.3) is 0 Å². The lowest BCUT2D eigenvalue weighted by Gasteiger charge is -2.50. The number of aromatic nitrogens is 2. The molecule has 45 heavy (non-hydrogen) atoms. The largest absolute Gasteiger partial charge is 0.756 e. The Kier molecular flexibility index (Phi) is 13.9. The van der Waals surface area contributed by atoms with Crippen LogP contribution in [0.2, 0.25) is 0 Å². The molecule has 0 spiro atoms. The van der Waals surface area contributed by atoms with E-state index in [2.05, 4.69) is 24.7 Å². The van der Waals surface area contributed by atoms with E-state index < -0.39 is 106 Å². The fourth-order valence-corrected chi connectivity index (χ4v) is 5.40. The lowest BCUT2D eigenvalue weighted by molar-refractivity contribution is -0.377. The second kappa shape index (κ2) is 16.3. The quantitative estimate of drug-likeness (QED) is 0.0879. The summed E-state index contributed by atoms with van der Waals surface area (Å²) < 4.78 is 33.3. The number of amides is 1. The number of nitrogens with two attached hydrogens (primary N) is 1. The van der Waals surface area contributed by atoms with E-state index in [1.165, 1.54) is 13.1 Å². The molecule has 2 aliphatic rings. The van der Waals surface area contributed by atoms with Gasteiger partial charge in [0.25, 0.3) is 7.82 Å². The van der Waals surface area contributed by atoms with Crippen molar-refractivity contribution in [3.63, 3.8) is 0 Å². The highest BCUT2D eigenvalue weighted by Crippen LogP contribution is 2.48. The van der Waals surface area contributed by atoms with Crippen LogP contribution in [-0.2, 0) is 32.7 Å². The van der Waals surface area contributed by atoms with Crippen molar-refractivity contribution in [3.8, 4) is 0 Å². The number of carbonyl (C=O) groups excluding carboxylic acids is 2. The molecule has 0 radical (unpaired) electrons. The van der Waals surface area contributed by atoms with Crippen LogP contribution in [0, 0.1) is 0 Å². The van der Waals surface area contributed by atoms with Gasteiger partial charge in [0.1, 0.15) is 48.4 Å². The molecule has 21 nitrogen and oxygen atoms in total. The first-order chi connectivity index (χ1) is 21.1. The molecule has 11 atom stereocenters. The van der Waals surface area contributed by atoms with E-state index in [1.54, 1.807) is 0 Å². The van der Waals surface area contributed by atoms with Gasteiger partial charge in [0.05, 0.1) is 31.9 Å². The molecule has 1 aromatic rings. The Morgan fingerprint density at radius 2 is 1.93 bits per heavy atom. The van der Waals surface area contributed by atoms with Crippen LogP contribution < -0.4 is 32.1 Å². The van der Waals surface area contributed by atoms with Gasteiger partial charge in [-0.1, -0.05) is 13.8 Å². The topological polar surface area (TPSA) is 341 Å². The Morgan fingerprint density at radius 3 is 2.49 bits per heavy atom. The van der Waals surface area contributed by atoms with Crippen LogP contribution in [0.15, 0.2) is 17.1 Å². The van der Waals surface area contributed by atoms with Crippen molar-refractivity contribution in [2.24, 2.45) is 0 Å². The number of rotatable bonds is 13. The van der Waals surface area contributed by atoms with Crippen LogP contribution in [0.4, 0.5) is 5.82 Å². The number of carboxylic acids is 1. The highest BCUT2D eigenvalue weighted by Gasteiger charge is 2.54. The van der Waals surface area contributed by atoms with E-state index in [1.807, 2.05) is 13.8 Å². The maximum Gasteiger partial charge on any atom is 0.351 e. The molecule has 3 heterocycles. The molecular weight excluding hydrogens is 633 g/mol. The lowest BCUT2D eigenvalue weighted by Crippen LogP contribution is -2.69. The Balaban J connectivity index is 0.00000345. The number of phosphoric ester groups is 1. The van der Waals surface area contributed by atoms with Crippen molar-refractivity contribution in [2.75, 3.05) is 32.5 Å². The first-order valence-electron chi connectivity index (χ1n) is 13.6. The summed E-state index contributed by atoms with van der Waals surface area (Å²) in [6.45, 7) is 1.50. The number of aliphatic hydroxyl groups is 6. The molecule has 10 N–H and O–H groups in total. The number of aliphatic hydroxyl groups excluding tert-OH is 6. The molecule has 3 rings (SSSR count). The molecule has 1 amide bonds. The van der Waals surface area contributed by atoms with Crippen LogP contribution in [0.3, 0.4) is 0 Å². The molecule has 0 bridgehead atoms. The molecule has 22 heteroatoms. The average Bonchev–Trinajstić information content (AvgIpc) is 3.26. The van der Waals surface area contributed by atoms with E-state index in [0.717, 1.165) is 10.8 Å². The minimum Gasteiger partial charge on any atom is -0.756 e. The Morgan fingerprint density at radius 1 is 1.29 bits per heavy atom. The minimum absolute atomic E-state index is 0.150. The third kappa shape index (κ3) is 9.23. The zero-order valence-electron chi connectivity index (χ0n) is 24.4. The first kappa shape index (κ1) is 38.6. The summed E-state index contributed by atoms with van der Waals surface area (Å²) in [6.07, 6.45) is -15.2. The summed E-state index contributed by atoms with van der Waals surface area (Å²) in [4.78, 5) is 52.5. The van der Waals surface area contributed by atoms with Gasteiger partial charge in [0.15, 0.2) is 6.23 Å². The number of nitrogens with zero attached hydrogens (tertiary/aromatic N) is 2. The Labute approximate surface area is 255 Å². The second-order valence-corrected chi connectivity index (χ2v) is 11.0. The smallest absolute Gasteiger partial charge is 0.351 e. The standard InChI is InChI=1S/C21H34N5O16P.C2H6/c1-23-5-12(30)25-13-8(28)4-21(19(34)35,41-17(13)14(31)9(29)6-27)42-43(37,38)39-7-10-15(32)16(33)18(40-10)26-3-2-11(22)24-20(26)36;1-2/h2-3,8-10,13-18,23,27-29,31-33H,4-7H2,1H3,(H,25,30)(H,34,35)(H,37,38)(H2,22,24,36);1-2H3/p-2/t8?,9-,10?,13?,14-,15?,16?,17?,18?,21?;/m1./s1. The van der Waals surface area contributed by atoms with Gasteiger partial charge in [-0.25, -0.2) is 4.79 Å². The molecule has 0 aliphatic carbocycles. The van der Waals surface area contributed by atoms with Gasteiger partial charge in [-0.05, 0) is 13.1 Å². The average molecular weight is 672 g/mol. The summed E-state index contributed by atoms with van der Waals surface area (Å²) in [6, 6.07) is -0.460. The number of anilines is 1. The molecule has 0 saturated carbocycles. The number of hydrogen-bond donors (Lipinski definition) is 9. The summed E-state index contributed by atoms with van der Waals surface area (Å²) in [5, 5.41) is 77.8. The molecule has 2 saturated heterocycles. The summed E-state index contributed by atoms with van der Waals surface area (Å²) >= 11 is 0. The molecule has 9 unspecified atom stereocenters. The van der Waals surface area contributed by atoms with E-state index in [9.17, 15) is 59.6 Å². The maximum atomic E-state index is 12.7. The van der Waals surface area contributed by atoms with E-state index in [-0.39, 0.29) is 12.4 Å². The van der Waals surface area contributed by atoms with Gasteiger partial charge >= 0.3 is 5.69 Å². The zero-order chi connectivity index (χ0) is 34.3. The number of carboxylic acid groups (broad SMARTS) is 1. The fourth-order valence-electron chi connectivity index (χ4n) is 4.46. The SMILES string of the molecule is CC.CNCC(=O)NC1C(O)CC(OP(=O)([O-])OCC2OC(n3ccc(N)nc3=O)C(O)C2O)(C(=O)[O-])OC1[C@H](O)[C@H](O)CO. The van der Waals surface area contributed by atoms with Gasteiger partial charge in [-0.3, -0.25) is 18.5 Å².